The van der Waals surface area contributed by atoms with Crippen molar-refractivity contribution >= 4 is 17.5 Å². The van der Waals surface area contributed by atoms with E-state index in [1.165, 1.54) is 6.07 Å². The Kier molecular flexibility index (Phi) is 4.60. The molecular weight excluding hydrogens is 356 g/mol. The molecule has 0 N–H and O–H groups in total. The number of nitrogens with zero attached hydrogens (tertiary/aromatic N) is 2. The Balaban J connectivity index is 1.73. The average Bonchev–Trinajstić information content (AvgIpc) is 3.11. The van der Waals surface area contributed by atoms with Gasteiger partial charge in [0.05, 0.1) is 10.6 Å². The van der Waals surface area contributed by atoms with E-state index in [0.29, 0.717) is 16.8 Å². The van der Waals surface area contributed by atoms with Crippen molar-refractivity contribution in [2.24, 2.45) is 0 Å². The molecule has 0 saturated carbocycles. The van der Waals surface area contributed by atoms with E-state index in [1.807, 2.05) is 54.6 Å². The third kappa shape index (κ3) is 3.23. The van der Waals surface area contributed by atoms with Gasteiger partial charge in [-0.2, -0.15) is 0 Å². The highest BCUT2D eigenvalue weighted by Gasteiger charge is 2.19. The number of carbonyl (C=O) groups excluding carboxylic acids is 1. The fourth-order valence-corrected chi connectivity index (χ4v) is 3.18. The van der Waals surface area contributed by atoms with Gasteiger partial charge in [-0.05, 0) is 35.4 Å². The number of rotatable bonds is 6. The van der Waals surface area contributed by atoms with Crippen molar-refractivity contribution in [2.45, 2.75) is 6.61 Å². The van der Waals surface area contributed by atoms with Crippen molar-refractivity contribution in [3.8, 4) is 16.9 Å². The predicted molar refractivity (Wildman–Crippen MR) is 106 cm³/mol. The van der Waals surface area contributed by atoms with Crippen LogP contribution in [-0.4, -0.2) is 15.6 Å². The first-order valence-electron chi connectivity index (χ1n) is 8.68. The maximum Gasteiger partial charge on any atom is 0.311 e. The first kappa shape index (κ1) is 17.5. The van der Waals surface area contributed by atoms with Gasteiger partial charge < -0.3 is 9.14 Å². The van der Waals surface area contributed by atoms with E-state index < -0.39 is 4.92 Å². The SMILES string of the molecule is O=Cc1c(-c2ccc(OCc3ccccc3)c([N+](=O)[O-])c2)cc2ccccn12. The molecule has 6 nitrogen and oxygen atoms in total. The Bertz CT molecular complexity index is 1170. The second-order valence-electron chi connectivity index (χ2n) is 6.27. The lowest BCUT2D eigenvalue weighted by atomic mass is 10.0. The molecule has 0 radical (unpaired) electrons. The maximum atomic E-state index is 11.6. The van der Waals surface area contributed by atoms with Gasteiger partial charge in [-0.15, -0.1) is 0 Å². The number of hydrogen-bond donors (Lipinski definition) is 0. The number of aromatic nitrogens is 1. The second-order valence-corrected chi connectivity index (χ2v) is 6.27. The van der Waals surface area contributed by atoms with Gasteiger partial charge in [-0.25, -0.2) is 0 Å². The monoisotopic (exact) mass is 372 g/mol. The number of fused-ring (bicyclic) bond motifs is 1. The highest BCUT2D eigenvalue weighted by atomic mass is 16.6. The highest BCUT2D eigenvalue weighted by Crippen LogP contribution is 2.35. The molecule has 0 bridgehead atoms. The molecule has 2 heterocycles. The molecule has 6 heteroatoms. The molecular formula is C22H16N2O4. The molecule has 0 saturated heterocycles. The van der Waals surface area contributed by atoms with Crippen LogP contribution in [0, 0.1) is 10.1 Å². The summed E-state index contributed by atoms with van der Waals surface area (Å²) < 4.78 is 7.43. The van der Waals surface area contributed by atoms with Crippen LogP contribution in [0.2, 0.25) is 0 Å². The molecule has 0 aliphatic carbocycles. The number of hydrogen-bond acceptors (Lipinski definition) is 4. The molecule has 4 aromatic rings. The second kappa shape index (κ2) is 7.36. The Morgan fingerprint density at radius 3 is 2.54 bits per heavy atom. The summed E-state index contributed by atoms with van der Waals surface area (Å²) in [7, 11) is 0. The van der Waals surface area contributed by atoms with E-state index in [9.17, 15) is 14.9 Å². The maximum absolute atomic E-state index is 11.6. The van der Waals surface area contributed by atoms with E-state index in [4.69, 9.17) is 4.74 Å². The summed E-state index contributed by atoms with van der Waals surface area (Å²) in [4.78, 5) is 22.8. The van der Waals surface area contributed by atoms with Crippen LogP contribution in [0.15, 0.2) is 79.0 Å². The fraction of sp³-hybridized carbons (Fsp3) is 0.0455. The molecule has 0 aliphatic rings. The summed E-state index contributed by atoms with van der Waals surface area (Å²) in [6.45, 7) is 0.233. The molecule has 0 spiro atoms. The van der Waals surface area contributed by atoms with Crippen LogP contribution in [0.4, 0.5) is 5.69 Å². The number of nitro groups is 1. The predicted octanol–water partition coefficient (Wildman–Crippen LogP) is 4.91. The van der Waals surface area contributed by atoms with E-state index >= 15 is 0 Å². The van der Waals surface area contributed by atoms with Gasteiger partial charge in [0.15, 0.2) is 12.0 Å². The first-order valence-corrected chi connectivity index (χ1v) is 8.68. The van der Waals surface area contributed by atoms with Gasteiger partial charge in [0.25, 0.3) is 0 Å². The van der Waals surface area contributed by atoms with Crippen molar-refractivity contribution in [1.82, 2.24) is 4.40 Å². The van der Waals surface area contributed by atoms with Crippen molar-refractivity contribution in [2.75, 3.05) is 0 Å². The fourth-order valence-electron chi connectivity index (χ4n) is 3.18. The van der Waals surface area contributed by atoms with Crippen LogP contribution in [-0.2, 0) is 6.61 Å². The zero-order valence-corrected chi connectivity index (χ0v) is 14.8. The Labute approximate surface area is 160 Å². The number of benzene rings is 2. The number of nitro benzene ring substituents is 1. The largest absolute Gasteiger partial charge is 0.482 e. The van der Waals surface area contributed by atoms with Crippen molar-refractivity contribution in [3.05, 3.63) is 100 Å². The summed E-state index contributed by atoms with van der Waals surface area (Å²) >= 11 is 0. The average molecular weight is 372 g/mol. The number of ether oxygens (including phenoxy) is 1. The van der Waals surface area contributed by atoms with Crippen LogP contribution in [0.3, 0.4) is 0 Å². The Morgan fingerprint density at radius 2 is 1.79 bits per heavy atom. The lowest BCUT2D eigenvalue weighted by Crippen LogP contribution is -1.99. The van der Waals surface area contributed by atoms with Gasteiger partial charge in [-0.3, -0.25) is 14.9 Å². The topological polar surface area (TPSA) is 73.8 Å². The van der Waals surface area contributed by atoms with Crippen LogP contribution in [0.5, 0.6) is 5.75 Å². The molecule has 0 fully saturated rings. The number of pyridine rings is 1. The van der Waals surface area contributed by atoms with Gasteiger partial charge in [-0.1, -0.05) is 42.5 Å². The van der Waals surface area contributed by atoms with Crippen LogP contribution >= 0.6 is 0 Å². The summed E-state index contributed by atoms with van der Waals surface area (Å²) in [6, 6.07) is 21.6. The van der Waals surface area contributed by atoms with Crippen molar-refractivity contribution < 1.29 is 14.5 Å². The van der Waals surface area contributed by atoms with E-state index in [0.717, 1.165) is 17.4 Å². The molecule has 4 rings (SSSR count). The van der Waals surface area contributed by atoms with Gasteiger partial charge >= 0.3 is 5.69 Å². The minimum atomic E-state index is -0.472. The quantitative estimate of drug-likeness (QED) is 0.274. The molecule has 0 unspecified atom stereocenters. The minimum absolute atomic E-state index is 0.138. The lowest BCUT2D eigenvalue weighted by Gasteiger charge is -2.08. The molecule has 138 valence electrons. The van der Waals surface area contributed by atoms with E-state index in [-0.39, 0.29) is 18.0 Å². The molecule has 0 amide bonds. The first-order chi connectivity index (χ1) is 13.7. The van der Waals surface area contributed by atoms with Gasteiger partial charge in [0, 0.05) is 23.3 Å². The zero-order valence-electron chi connectivity index (χ0n) is 14.8. The van der Waals surface area contributed by atoms with Crippen molar-refractivity contribution in [1.29, 1.82) is 0 Å². The standard InChI is InChI=1S/C22H16N2O4/c25-14-21-19(13-18-8-4-5-11-23(18)21)17-9-10-22(20(12-17)24(26)27)28-15-16-6-2-1-3-7-16/h1-14H,15H2. The van der Waals surface area contributed by atoms with Crippen LogP contribution in [0.25, 0.3) is 16.6 Å². The minimum Gasteiger partial charge on any atom is -0.482 e. The molecule has 0 aliphatic heterocycles. The molecule has 2 aromatic heterocycles. The Morgan fingerprint density at radius 1 is 1.00 bits per heavy atom. The van der Waals surface area contributed by atoms with Gasteiger partial charge in [0.1, 0.15) is 6.61 Å². The summed E-state index contributed by atoms with van der Waals surface area (Å²) in [6.07, 6.45) is 2.54. The summed E-state index contributed by atoms with van der Waals surface area (Å²) in [5.41, 5.74) is 3.29. The highest BCUT2D eigenvalue weighted by molar-refractivity contribution is 5.90. The van der Waals surface area contributed by atoms with E-state index in [2.05, 4.69) is 0 Å². The number of aldehydes is 1. The third-order valence-electron chi connectivity index (χ3n) is 4.53. The van der Waals surface area contributed by atoms with Crippen LogP contribution < -0.4 is 4.74 Å². The molecule has 28 heavy (non-hydrogen) atoms. The Hall–Kier alpha value is -3.93. The van der Waals surface area contributed by atoms with Gasteiger partial charge in [0.2, 0.25) is 0 Å². The number of carbonyl (C=O) groups is 1. The van der Waals surface area contributed by atoms with Crippen LogP contribution in [0.1, 0.15) is 16.1 Å². The third-order valence-corrected chi connectivity index (χ3v) is 4.53. The molecule has 0 atom stereocenters. The molecule has 2 aromatic carbocycles. The van der Waals surface area contributed by atoms with E-state index in [1.54, 1.807) is 22.7 Å². The summed E-state index contributed by atoms with van der Waals surface area (Å²) in [5, 5.41) is 11.6. The summed E-state index contributed by atoms with van der Waals surface area (Å²) in [5.74, 6) is 0.189. The smallest absolute Gasteiger partial charge is 0.311 e. The zero-order chi connectivity index (χ0) is 19.5. The lowest BCUT2D eigenvalue weighted by molar-refractivity contribution is -0.385. The van der Waals surface area contributed by atoms with Crippen molar-refractivity contribution in [3.63, 3.8) is 0 Å². The normalized spacial score (nSPS) is 10.7.